The molecule has 0 radical (unpaired) electrons. The van der Waals surface area contributed by atoms with E-state index in [9.17, 15) is 19.7 Å². The summed E-state index contributed by atoms with van der Waals surface area (Å²) in [6.45, 7) is 1.93. The summed E-state index contributed by atoms with van der Waals surface area (Å²) >= 11 is 0. The Balaban J connectivity index is 1.67. The lowest BCUT2D eigenvalue weighted by atomic mass is 10.0. The number of nitro benzene ring substituents is 1. The number of nitro groups is 1. The summed E-state index contributed by atoms with van der Waals surface area (Å²) in [5.41, 5.74) is 4.19. The molecule has 3 aromatic rings. The van der Waals surface area contributed by atoms with Crippen molar-refractivity contribution < 1.29 is 19.2 Å². The first-order chi connectivity index (χ1) is 15.9. The van der Waals surface area contributed by atoms with Gasteiger partial charge >= 0.3 is 5.69 Å². The molecule has 0 saturated carbocycles. The predicted molar refractivity (Wildman–Crippen MR) is 126 cm³/mol. The van der Waals surface area contributed by atoms with Gasteiger partial charge in [0.15, 0.2) is 5.75 Å². The highest BCUT2D eigenvalue weighted by Crippen LogP contribution is 2.37. The van der Waals surface area contributed by atoms with Crippen LogP contribution in [0.25, 0.3) is 11.1 Å². The zero-order valence-electron chi connectivity index (χ0n) is 18.1. The molecular formula is C24H22N4O5. The van der Waals surface area contributed by atoms with E-state index in [-0.39, 0.29) is 23.3 Å². The second kappa shape index (κ2) is 8.99. The van der Waals surface area contributed by atoms with Gasteiger partial charge in [-0.25, -0.2) is 0 Å². The Kier molecular flexibility index (Phi) is 5.95. The standard InChI is InChI=1S/C24H22N4O5/c1-3-4-23(29)25-16-7-9-18-20(13-16)27-24(30)17-8-5-14(11-19(17)26-18)15-6-10-21(28(31)32)22(12-15)33-2/h5-13,26H,3-4H2,1-2H3,(H,25,29)(H,27,30). The number of nitrogens with zero attached hydrogens (tertiary/aromatic N) is 1. The average molecular weight is 446 g/mol. The van der Waals surface area contributed by atoms with Gasteiger partial charge in [-0.1, -0.05) is 13.0 Å². The van der Waals surface area contributed by atoms with E-state index in [4.69, 9.17) is 4.74 Å². The molecular weight excluding hydrogens is 424 g/mol. The van der Waals surface area contributed by atoms with Gasteiger partial charge in [-0.15, -0.1) is 0 Å². The van der Waals surface area contributed by atoms with Crippen molar-refractivity contribution in [2.24, 2.45) is 0 Å². The number of carbonyl (C=O) groups is 2. The second-order valence-electron chi connectivity index (χ2n) is 7.54. The molecule has 0 saturated heterocycles. The lowest BCUT2D eigenvalue weighted by Crippen LogP contribution is -2.12. The summed E-state index contributed by atoms with van der Waals surface area (Å²) in [6, 6.07) is 15.2. The van der Waals surface area contributed by atoms with E-state index in [1.165, 1.54) is 13.2 Å². The van der Waals surface area contributed by atoms with Gasteiger partial charge in [0.1, 0.15) is 0 Å². The van der Waals surface area contributed by atoms with E-state index in [1.54, 1.807) is 42.5 Å². The lowest BCUT2D eigenvalue weighted by Gasteiger charge is -2.12. The van der Waals surface area contributed by atoms with Crippen molar-refractivity contribution in [1.82, 2.24) is 0 Å². The van der Waals surface area contributed by atoms with E-state index in [0.717, 1.165) is 12.0 Å². The Morgan fingerprint density at radius 1 is 1.00 bits per heavy atom. The third-order valence-corrected chi connectivity index (χ3v) is 5.27. The Morgan fingerprint density at radius 2 is 1.76 bits per heavy atom. The van der Waals surface area contributed by atoms with Gasteiger partial charge in [-0.05, 0) is 60.0 Å². The van der Waals surface area contributed by atoms with Crippen LogP contribution in [0.5, 0.6) is 5.75 Å². The van der Waals surface area contributed by atoms with Gasteiger partial charge in [0, 0.05) is 18.2 Å². The van der Waals surface area contributed by atoms with Crippen LogP contribution in [0.4, 0.5) is 28.4 Å². The normalized spacial score (nSPS) is 11.9. The summed E-state index contributed by atoms with van der Waals surface area (Å²) in [5, 5.41) is 20.1. The van der Waals surface area contributed by atoms with Gasteiger partial charge in [0.25, 0.3) is 5.91 Å². The monoisotopic (exact) mass is 446 g/mol. The van der Waals surface area contributed by atoms with Crippen LogP contribution in [0.1, 0.15) is 30.1 Å². The lowest BCUT2D eigenvalue weighted by molar-refractivity contribution is -0.385. The van der Waals surface area contributed by atoms with Gasteiger partial charge in [-0.2, -0.15) is 0 Å². The molecule has 0 aliphatic carbocycles. The smallest absolute Gasteiger partial charge is 0.310 e. The van der Waals surface area contributed by atoms with Crippen molar-refractivity contribution in [2.75, 3.05) is 23.1 Å². The Morgan fingerprint density at radius 3 is 2.48 bits per heavy atom. The number of rotatable bonds is 6. The minimum absolute atomic E-state index is 0.0863. The third-order valence-electron chi connectivity index (χ3n) is 5.27. The van der Waals surface area contributed by atoms with E-state index in [0.29, 0.717) is 40.3 Å². The molecule has 0 fully saturated rings. The summed E-state index contributed by atoms with van der Waals surface area (Å²) < 4.78 is 5.17. The summed E-state index contributed by atoms with van der Waals surface area (Å²) in [5.74, 6) is -0.223. The van der Waals surface area contributed by atoms with Crippen molar-refractivity contribution >= 4 is 40.3 Å². The molecule has 0 bridgehead atoms. The average Bonchev–Trinajstić information content (AvgIpc) is 2.93. The molecule has 0 unspecified atom stereocenters. The topological polar surface area (TPSA) is 123 Å². The molecule has 3 N–H and O–H groups in total. The van der Waals surface area contributed by atoms with Gasteiger partial charge < -0.3 is 20.7 Å². The van der Waals surface area contributed by atoms with Gasteiger partial charge in [0.05, 0.1) is 34.7 Å². The fourth-order valence-corrected chi connectivity index (χ4v) is 3.65. The number of amides is 2. The Bertz CT molecular complexity index is 1270. The SMILES string of the molecule is CCCC(=O)Nc1ccc2c(c1)NC(=O)c1ccc(-c3ccc([N+](=O)[O-])c(OC)c3)cc1N2. The highest BCUT2D eigenvalue weighted by Gasteiger charge is 2.21. The quantitative estimate of drug-likeness (QED) is 0.348. The highest BCUT2D eigenvalue weighted by atomic mass is 16.6. The number of anilines is 4. The number of hydrogen-bond donors (Lipinski definition) is 3. The minimum Gasteiger partial charge on any atom is -0.490 e. The van der Waals surface area contributed by atoms with Crippen LogP contribution in [0.3, 0.4) is 0 Å². The molecule has 3 aromatic carbocycles. The maximum atomic E-state index is 12.8. The number of ether oxygens (including phenoxy) is 1. The molecule has 1 heterocycles. The fourth-order valence-electron chi connectivity index (χ4n) is 3.65. The first-order valence-electron chi connectivity index (χ1n) is 10.4. The van der Waals surface area contributed by atoms with Crippen LogP contribution < -0.4 is 20.7 Å². The van der Waals surface area contributed by atoms with E-state index in [2.05, 4.69) is 16.0 Å². The summed E-state index contributed by atoms with van der Waals surface area (Å²) in [7, 11) is 1.38. The third kappa shape index (κ3) is 4.47. The van der Waals surface area contributed by atoms with E-state index >= 15 is 0 Å². The van der Waals surface area contributed by atoms with Crippen LogP contribution in [0, 0.1) is 10.1 Å². The zero-order chi connectivity index (χ0) is 23.5. The molecule has 33 heavy (non-hydrogen) atoms. The van der Waals surface area contributed by atoms with Crippen LogP contribution in [-0.4, -0.2) is 23.8 Å². The molecule has 2 amide bonds. The van der Waals surface area contributed by atoms with E-state index in [1.807, 2.05) is 13.0 Å². The van der Waals surface area contributed by atoms with Gasteiger partial charge in [-0.3, -0.25) is 19.7 Å². The molecule has 0 aromatic heterocycles. The molecule has 0 spiro atoms. The molecule has 9 nitrogen and oxygen atoms in total. The maximum Gasteiger partial charge on any atom is 0.310 e. The van der Waals surface area contributed by atoms with E-state index < -0.39 is 4.92 Å². The molecule has 168 valence electrons. The number of fused-ring (bicyclic) bond motifs is 2. The molecule has 1 aliphatic heterocycles. The number of hydrogen-bond acceptors (Lipinski definition) is 6. The first kappa shape index (κ1) is 21.8. The number of carbonyl (C=O) groups excluding carboxylic acids is 2. The van der Waals surface area contributed by atoms with Crippen LogP contribution in [0.15, 0.2) is 54.6 Å². The maximum absolute atomic E-state index is 12.8. The number of methoxy groups -OCH3 is 1. The first-order valence-corrected chi connectivity index (χ1v) is 10.4. The summed E-state index contributed by atoms with van der Waals surface area (Å²) in [4.78, 5) is 35.4. The second-order valence-corrected chi connectivity index (χ2v) is 7.54. The van der Waals surface area contributed by atoms with Crippen molar-refractivity contribution in [2.45, 2.75) is 19.8 Å². The number of nitrogens with one attached hydrogen (secondary N) is 3. The van der Waals surface area contributed by atoms with Crippen LogP contribution in [0.2, 0.25) is 0 Å². The largest absolute Gasteiger partial charge is 0.490 e. The highest BCUT2D eigenvalue weighted by molar-refractivity contribution is 6.13. The van der Waals surface area contributed by atoms with Crippen molar-refractivity contribution in [3.63, 3.8) is 0 Å². The van der Waals surface area contributed by atoms with Gasteiger partial charge in [0.2, 0.25) is 5.91 Å². The van der Waals surface area contributed by atoms with Crippen molar-refractivity contribution in [3.05, 3.63) is 70.3 Å². The molecule has 0 atom stereocenters. The fraction of sp³-hybridized carbons (Fsp3) is 0.167. The zero-order valence-corrected chi connectivity index (χ0v) is 18.1. The van der Waals surface area contributed by atoms with Crippen molar-refractivity contribution in [1.29, 1.82) is 0 Å². The molecule has 1 aliphatic rings. The Labute approximate surface area is 189 Å². The molecule has 4 rings (SSSR count). The Hall–Kier alpha value is -4.40. The van der Waals surface area contributed by atoms with Crippen LogP contribution >= 0.6 is 0 Å². The minimum atomic E-state index is -0.499. The van der Waals surface area contributed by atoms with Crippen molar-refractivity contribution in [3.8, 4) is 16.9 Å². The molecule has 9 heteroatoms. The van der Waals surface area contributed by atoms with Crippen LogP contribution in [-0.2, 0) is 4.79 Å². The summed E-state index contributed by atoms with van der Waals surface area (Å²) in [6.07, 6.45) is 1.16. The predicted octanol–water partition coefficient (Wildman–Crippen LogP) is 5.32. The number of benzene rings is 3.